The van der Waals surface area contributed by atoms with Crippen molar-refractivity contribution in [1.82, 2.24) is 15.1 Å². The van der Waals surface area contributed by atoms with E-state index in [0.29, 0.717) is 0 Å². The van der Waals surface area contributed by atoms with Crippen molar-refractivity contribution in [2.24, 2.45) is 0 Å². The molecule has 21 heavy (non-hydrogen) atoms. The van der Waals surface area contributed by atoms with Crippen LogP contribution in [0.1, 0.15) is 28.1 Å². The molecule has 4 nitrogen and oxygen atoms in total. The minimum atomic E-state index is 0.183. The molecule has 4 heteroatoms. The molecule has 1 aromatic carbocycles. The Bertz CT molecular complexity index is 660. The molecule has 1 unspecified atom stereocenters. The summed E-state index contributed by atoms with van der Waals surface area (Å²) >= 11 is 0. The molecule has 2 heterocycles. The third-order valence-electron chi connectivity index (χ3n) is 4.22. The average Bonchev–Trinajstić information content (AvgIpc) is 2.94. The number of fused-ring (bicyclic) bond motifs is 1. The van der Waals surface area contributed by atoms with Crippen LogP contribution in [0.2, 0.25) is 0 Å². The van der Waals surface area contributed by atoms with Gasteiger partial charge in [-0.1, -0.05) is 17.7 Å². The molecular formula is C17H23N3O. The first-order valence-corrected chi connectivity index (χ1v) is 7.52. The molecule has 112 valence electrons. The molecule has 1 N–H and O–H groups in total. The first-order chi connectivity index (χ1) is 10.1. The van der Waals surface area contributed by atoms with Crippen LogP contribution in [0, 0.1) is 20.8 Å². The minimum absolute atomic E-state index is 0.183. The second-order valence-electron chi connectivity index (χ2n) is 5.92. The molecule has 1 aromatic heterocycles. The fourth-order valence-corrected chi connectivity index (χ4v) is 3.09. The van der Waals surface area contributed by atoms with E-state index >= 15 is 0 Å². The van der Waals surface area contributed by atoms with Crippen LogP contribution in [0.4, 0.5) is 0 Å². The summed E-state index contributed by atoms with van der Waals surface area (Å²) in [6.07, 6.45) is 1.15. The summed E-state index contributed by atoms with van der Waals surface area (Å²) in [5.41, 5.74) is 6.24. The van der Waals surface area contributed by atoms with Gasteiger partial charge >= 0.3 is 0 Å². The van der Waals surface area contributed by atoms with Crippen LogP contribution in [0.3, 0.4) is 0 Å². The van der Waals surface area contributed by atoms with Crippen molar-refractivity contribution in [3.63, 3.8) is 0 Å². The zero-order valence-electron chi connectivity index (χ0n) is 13.2. The van der Waals surface area contributed by atoms with Crippen LogP contribution in [-0.4, -0.2) is 22.9 Å². The Kier molecular flexibility index (Phi) is 3.72. The second kappa shape index (κ2) is 5.53. The molecule has 0 radical (unpaired) electrons. The molecule has 0 aliphatic carbocycles. The summed E-state index contributed by atoms with van der Waals surface area (Å²) in [5, 5.41) is 7.88. The first-order valence-electron chi connectivity index (χ1n) is 7.52. The fraction of sp³-hybridized carbons (Fsp3) is 0.471. The number of hydrogen-bond donors (Lipinski definition) is 1. The quantitative estimate of drug-likeness (QED) is 0.938. The van der Waals surface area contributed by atoms with Crippen molar-refractivity contribution in [2.45, 2.75) is 46.4 Å². The zero-order valence-corrected chi connectivity index (χ0v) is 13.2. The van der Waals surface area contributed by atoms with E-state index in [1.165, 1.54) is 22.4 Å². The standard InChI is InChI=1S/C17H23N3O/c1-11-5-6-17-14(7-11)8-15(21-17)10-20-13(3)16(9-18-4)12(2)19-20/h5-7,15,18H,8-10H2,1-4H3. The molecule has 0 saturated heterocycles. The molecular weight excluding hydrogens is 262 g/mol. The van der Waals surface area contributed by atoms with Crippen LogP contribution in [0.25, 0.3) is 0 Å². The number of hydrogen-bond acceptors (Lipinski definition) is 3. The third-order valence-corrected chi connectivity index (χ3v) is 4.22. The summed E-state index contributed by atoms with van der Waals surface area (Å²) in [4.78, 5) is 0. The molecule has 0 fully saturated rings. The molecule has 1 aliphatic rings. The van der Waals surface area contributed by atoms with E-state index in [-0.39, 0.29) is 6.10 Å². The van der Waals surface area contributed by atoms with Gasteiger partial charge in [0.25, 0.3) is 0 Å². The second-order valence-corrected chi connectivity index (χ2v) is 5.92. The number of benzene rings is 1. The molecule has 1 atom stereocenters. The largest absolute Gasteiger partial charge is 0.488 e. The van der Waals surface area contributed by atoms with Gasteiger partial charge in [0.2, 0.25) is 0 Å². The Labute approximate surface area is 126 Å². The van der Waals surface area contributed by atoms with Gasteiger partial charge in [0, 0.05) is 24.2 Å². The normalized spacial score (nSPS) is 16.9. The Hall–Kier alpha value is -1.81. The maximum atomic E-state index is 6.05. The zero-order chi connectivity index (χ0) is 15.0. The number of rotatable bonds is 4. The minimum Gasteiger partial charge on any atom is -0.488 e. The van der Waals surface area contributed by atoms with Crippen LogP contribution in [-0.2, 0) is 19.5 Å². The summed E-state index contributed by atoms with van der Waals surface area (Å²) in [6.45, 7) is 8.01. The van der Waals surface area contributed by atoms with E-state index in [1.807, 2.05) is 7.05 Å². The number of nitrogens with one attached hydrogen (secondary N) is 1. The van der Waals surface area contributed by atoms with Gasteiger partial charge in [-0.25, -0.2) is 0 Å². The lowest BCUT2D eigenvalue weighted by atomic mass is 10.1. The number of aromatic nitrogens is 2. The van der Waals surface area contributed by atoms with Crippen molar-refractivity contribution in [3.05, 3.63) is 46.3 Å². The van der Waals surface area contributed by atoms with Crippen LogP contribution in [0.15, 0.2) is 18.2 Å². The van der Waals surface area contributed by atoms with Crippen molar-refractivity contribution in [2.75, 3.05) is 7.05 Å². The lowest BCUT2D eigenvalue weighted by Crippen LogP contribution is -2.22. The number of ether oxygens (including phenoxy) is 1. The Balaban J connectivity index is 1.76. The average molecular weight is 285 g/mol. The van der Waals surface area contributed by atoms with Gasteiger partial charge in [-0.05, 0) is 39.4 Å². The smallest absolute Gasteiger partial charge is 0.123 e. The maximum absolute atomic E-state index is 6.05. The van der Waals surface area contributed by atoms with Crippen molar-refractivity contribution in [3.8, 4) is 5.75 Å². The molecule has 0 amide bonds. The molecule has 0 spiro atoms. The highest BCUT2D eigenvalue weighted by Crippen LogP contribution is 2.30. The number of aryl methyl sites for hydroxylation is 2. The summed E-state index contributed by atoms with van der Waals surface area (Å²) in [7, 11) is 1.97. The van der Waals surface area contributed by atoms with Gasteiger partial charge in [-0.3, -0.25) is 4.68 Å². The molecule has 1 aliphatic heterocycles. The monoisotopic (exact) mass is 285 g/mol. The molecule has 3 rings (SSSR count). The van der Waals surface area contributed by atoms with Crippen LogP contribution < -0.4 is 10.1 Å². The van der Waals surface area contributed by atoms with E-state index in [0.717, 1.165) is 31.0 Å². The molecule has 0 saturated carbocycles. The van der Waals surface area contributed by atoms with E-state index in [2.05, 4.69) is 54.1 Å². The molecule has 0 bridgehead atoms. The van der Waals surface area contributed by atoms with E-state index in [1.54, 1.807) is 0 Å². The Morgan fingerprint density at radius 2 is 2.14 bits per heavy atom. The summed E-state index contributed by atoms with van der Waals surface area (Å²) < 4.78 is 8.14. The van der Waals surface area contributed by atoms with E-state index < -0.39 is 0 Å². The highest BCUT2D eigenvalue weighted by atomic mass is 16.5. The SMILES string of the molecule is CNCc1c(C)nn(CC2Cc3cc(C)ccc3O2)c1C. The van der Waals surface area contributed by atoms with Gasteiger partial charge in [0.05, 0.1) is 12.2 Å². The first kappa shape index (κ1) is 14.1. The van der Waals surface area contributed by atoms with Crippen molar-refractivity contribution < 1.29 is 4.74 Å². The summed E-state index contributed by atoms with van der Waals surface area (Å²) in [6, 6.07) is 6.41. The van der Waals surface area contributed by atoms with Gasteiger partial charge in [0.15, 0.2) is 0 Å². The van der Waals surface area contributed by atoms with Gasteiger partial charge in [-0.15, -0.1) is 0 Å². The lowest BCUT2D eigenvalue weighted by molar-refractivity contribution is 0.202. The highest BCUT2D eigenvalue weighted by Gasteiger charge is 2.24. The van der Waals surface area contributed by atoms with Crippen LogP contribution in [0.5, 0.6) is 5.75 Å². The van der Waals surface area contributed by atoms with E-state index in [9.17, 15) is 0 Å². The van der Waals surface area contributed by atoms with E-state index in [4.69, 9.17) is 4.74 Å². The lowest BCUT2D eigenvalue weighted by Gasteiger charge is -2.12. The van der Waals surface area contributed by atoms with Gasteiger partial charge in [0.1, 0.15) is 11.9 Å². The van der Waals surface area contributed by atoms with Crippen LogP contribution >= 0.6 is 0 Å². The maximum Gasteiger partial charge on any atom is 0.123 e. The fourth-order valence-electron chi connectivity index (χ4n) is 3.09. The molecule has 2 aromatic rings. The summed E-state index contributed by atoms with van der Waals surface area (Å²) in [5.74, 6) is 1.03. The topological polar surface area (TPSA) is 39.1 Å². The van der Waals surface area contributed by atoms with Gasteiger partial charge < -0.3 is 10.1 Å². The van der Waals surface area contributed by atoms with Crippen molar-refractivity contribution in [1.29, 1.82) is 0 Å². The highest BCUT2D eigenvalue weighted by molar-refractivity contribution is 5.40. The predicted molar refractivity (Wildman–Crippen MR) is 83.8 cm³/mol. The third kappa shape index (κ3) is 2.68. The Morgan fingerprint density at radius 3 is 2.90 bits per heavy atom. The van der Waals surface area contributed by atoms with Crippen molar-refractivity contribution >= 4 is 0 Å². The Morgan fingerprint density at radius 1 is 1.33 bits per heavy atom. The number of nitrogens with zero attached hydrogens (tertiary/aromatic N) is 2. The predicted octanol–water partition coefficient (Wildman–Crippen LogP) is 2.53. The van der Waals surface area contributed by atoms with Gasteiger partial charge in [-0.2, -0.15) is 5.10 Å².